The molecule has 0 aliphatic rings. The summed E-state index contributed by atoms with van der Waals surface area (Å²) in [6, 6.07) is 20.1. The molecule has 0 bridgehead atoms. The van der Waals surface area contributed by atoms with Gasteiger partial charge in [0.25, 0.3) is 0 Å². The molecular weight excluding hydrogens is 1490 g/mol. The molecule has 0 atom stereocenters. The third kappa shape index (κ3) is 27.2. The maximum Gasteiger partial charge on any atom is 0.320 e. The van der Waals surface area contributed by atoms with E-state index in [1.54, 1.807) is 73.2 Å². The van der Waals surface area contributed by atoms with Crippen LogP contribution in [0.25, 0.3) is 66.5 Å². The maximum atomic E-state index is 12.7. The molecule has 582 valence electrons. The Kier molecular flexibility index (Phi) is 33.6. The minimum Gasteiger partial charge on any atom is -0.354 e. The first-order valence-electron chi connectivity index (χ1n) is 36.9. The number of rotatable bonds is 30. The molecule has 0 saturated heterocycles. The van der Waals surface area contributed by atoms with E-state index in [1.165, 1.54) is 0 Å². The van der Waals surface area contributed by atoms with Crippen LogP contribution in [0.5, 0.6) is 0 Å². The quantitative estimate of drug-likeness (QED) is 0.0189. The van der Waals surface area contributed by atoms with Crippen molar-refractivity contribution in [3.05, 3.63) is 122 Å². The molecule has 3 aromatic carbocycles. The van der Waals surface area contributed by atoms with Gasteiger partial charge in [0.15, 0.2) is 16.9 Å². The van der Waals surface area contributed by atoms with Crippen molar-refractivity contribution < 1.29 is 14.4 Å². The number of pyridine rings is 3. The van der Waals surface area contributed by atoms with Crippen LogP contribution in [-0.4, -0.2) is 173 Å². The van der Waals surface area contributed by atoms with Crippen molar-refractivity contribution in [2.45, 2.75) is 159 Å². The van der Waals surface area contributed by atoms with E-state index in [4.69, 9.17) is 69.6 Å². The number of aromatic nitrogens is 9. The van der Waals surface area contributed by atoms with Crippen molar-refractivity contribution in [1.29, 1.82) is 0 Å². The molecule has 9 aromatic rings. The molecule has 6 amide bonds. The second-order valence-corrected chi connectivity index (χ2v) is 31.2. The summed E-state index contributed by atoms with van der Waals surface area (Å²) in [5.41, 5.74) is 3.59. The summed E-state index contributed by atoms with van der Waals surface area (Å²) in [5.74, 6) is 2.40. The van der Waals surface area contributed by atoms with Gasteiger partial charge in [-0.3, -0.25) is 16.0 Å². The van der Waals surface area contributed by atoms with Crippen LogP contribution in [0.15, 0.2) is 91.4 Å². The summed E-state index contributed by atoms with van der Waals surface area (Å²) in [5, 5.41) is 31.9. The number of benzene rings is 3. The van der Waals surface area contributed by atoms with E-state index in [9.17, 15) is 14.4 Å². The van der Waals surface area contributed by atoms with Crippen LogP contribution < -0.4 is 47.9 Å². The van der Waals surface area contributed by atoms with Gasteiger partial charge in [-0.2, -0.15) is 15.0 Å². The first-order valence-corrected chi connectivity index (χ1v) is 39.1. The summed E-state index contributed by atoms with van der Waals surface area (Å²) < 4.78 is 0. The average molecular weight is 1600 g/mol. The monoisotopic (exact) mass is 1590 g/mol. The lowest BCUT2D eigenvalue weighted by Gasteiger charge is -2.21. The first kappa shape index (κ1) is 87.2. The number of hydrogen-bond donors (Lipinski definition) is 9. The summed E-state index contributed by atoms with van der Waals surface area (Å²) in [6.45, 7) is 42.1. The number of halogens is 6. The summed E-state index contributed by atoms with van der Waals surface area (Å²) in [7, 11) is 0. The molecule has 0 unspecified atom stereocenters. The number of urea groups is 3. The molecule has 9 rings (SSSR count). The SMILES string of the molecule is CCN(CC)CCCCNc1ncc2cc(-c3c(Cl)cccc3Cl)c(NC(=O)NC(C)(C)C)nc2n1.CCN(CC)CCCCNc1ncc2cc(-c3c(Cl)cccc3Cl)c(NC(=O)NC(C)(C)C)nc2n1.CCN(CC)CCCCNc1ncc2cc(-c3c(Cl)cccc3Cl)c(NC(=O)NC(C)(C)C)nc2n1. The lowest BCUT2D eigenvalue weighted by atomic mass is 10.0. The van der Waals surface area contributed by atoms with E-state index >= 15 is 0 Å². The van der Waals surface area contributed by atoms with Crippen molar-refractivity contribution in [2.24, 2.45) is 0 Å². The Morgan fingerprint density at radius 3 is 0.796 bits per heavy atom. The van der Waals surface area contributed by atoms with Crippen LogP contribution in [0.3, 0.4) is 0 Å². The van der Waals surface area contributed by atoms with Gasteiger partial charge in [-0.1, -0.05) is 129 Å². The van der Waals surface area contributed by atoms with Crippen molar-refractivity contribution in [1.82, 2.24) is 75.5 Å². The number of hydrogen-bond acceptors (Lipinski definition) is 18. The predicted octanol–water partition coefficient (Wildman–Crippen LogP) is 19.4. The fraction of sp³-hybridized carbons (Fsp3) is 0.462. The lowest BCUT2D eigenvalue weighted by molar-refractivity contribution is 0.242. The Hall–Kier alpha value is -8.04. The van der Waals surface area contributed by atoms with E-state index in [0.717, 1.165) is 117 Å². The van der Waals surface area contributed by atoms with E-state index in [0.29, 0.717) is 132 Å². The zero-order valence-electron chi connectivity index (χ0n) is 64.7. The zero-order valence-corrected chi connectivity index (χ0v) is 69.3. The van der Waals surface area contributed by atoms with Gasteiger partial charge in [0, 0.05) is 104 Å². The van der Waals surface area contributed by atoms with Crippen LogP contribution in [-0.2, 0) is 0 Å². The number of fused-ring (bicyclic) bond motifs is 3. The summed E-state index contributed by atoms with van der Waals surface area (Å²) in [6.07, 6.45) is 11.4. The van der Waals surface area contributed by atoms with Gasteiger partial charge in [0.1, 0.15) is 17.5 Å². The number of unbranched alkanes of at least 4 members (excludes halogenated alkanes) is 3. The Bertz CT molecular complexity index is 3960. The second-order valence-electron chi connectivity index (χ2n) is 28.7. The summed E-state index contributed by atoms with van der Waals surface area (Å²) >= 11 is 38.9. The van der Waals surface area contributed by atoms with Crippen LogP contribution >= 0.6 is 69.6 Å². The van der Waals surface area contributed by atoms with Gasteiger partial charge in [-0.15, -0.1) is 0 Å². The highest BCUT2D eigenvalue weighted by atomic mass is 35.5. The van der Waals surface area contributed by atoms with Crippen LogP contribution in [0.4, 0.5) is 49.7 Å². The fourth-order valence-corrected chi connectivity index (χ4v) is 13.1. The number of carbonyl (C=O) groups is 3. The highest BCUT2D eigenvalue weighted by molar-refractivity contribution is 6.41. The minimum absolute atomic E-state index is 0.308. The van der Waals surface area contributed by atoms with Gasteiger partial charge in [-0.05, 0) is 214 Å². The van der Waals surface area contributed by atoms with Gasteiger partial charge in [0.05, 0.1) is 30.1 Å². The predicted molar refractivity (Wildman–Crippen MR) is 451 cm³/mol. The average Bonchev–Trinajstić information content (AvgIpc) is 0.788. The molecule has 108 heavy (non-hydrogen) atoms. The van der Waals surface area contributed by atoms with Crippen molar-refractivity contribution >= 4 is 156 Å². The smallest absolute Gasteiger partial charge is 0.320 e. The standard InChI is InChI=1S/3C26H35Cl2N7O/c3*1-6-35(7-2)14-9-8-13-29-24-30-16-17-15-18(21-19(27)11-10-12-20(21)28)23(31-22(17)32-24)33-25(36)34-26(3,4)5/h3*10-12,15-16H,6-9,13-14H2,1-5H3,(H3,29,30,31,32,33,34,36). The first-order chi connectivity index (χ1) is 51.3. The second kappa shape index (κ2) is 41.7. The molecular formula is C78H105Cl6N21O3. The third-order valence-corrected chi connectivity index (χ3v) is 18.7. The number of carbonyl (C=O) groups excluding carboxylic acids is 3. The summed E-state index contributed by atoms with van der Waals surface area (Å²) in [4.78, 5) is 86.4. The van der Waals surface area contributed by atoms with Crippen molar-refractivity contribution in [3.8, 4) is 33.4 Å². The fourth-order valence-electron chi connectivity index (χ4n) is 11.3. The normalized spacial score (nSPS) is 11.7. The number of anilines is 6. The van der Waals surface area contributed by atoms with E-state index in [-0.39, 0.29) is 18.1 Å². The maximum absolute atomic E-state index is 12.7. The Morgan fingerprint density at radius 2 is 0.583 bits per heavy atom. The number of nitrogens with zero attached hydrogens (tertiary/aromatic N) is 12. The van der Waals surface area contributed by atoms with E-state index in [2.05, 4.69) is 149 Å². The molecule has 0 aliphatic carbocycles. The third-order valence-electron chi connectivity index (χ3n) is 16.8. The van der Waals surface area contributed by atoms with Crippen molar-refractivity contribution in [2.75, 3.05) is 110 Å². The lowest BCUT2D eigenvalue weighted by Crippen LogP contribution is -2.43. The molecule has 0 saturated carbocycles. The number of nitrogens with one attached hydrogen (secondary N) is 9. The molecule has 30 heteroatoms. The van der Waals surface area contributed by atoms with E-state index in [1.807, 2.05) is 80.5 Å². The van der Waals surface area contributed by atoms with Gasteiger partial charge < -0.3 is 46.6 Å². The molecule has 0 spiro atoms. The molecule has 0 radical (unpaired) electrons. The highest BCUT2D eigenvalue weighted by Gasteiger charge is 2.25. The Labute approximate surface area is 666 Å². The van der Waals surface area contributed by atoms with Crippen LogP contribution in [0.1, 0.15) is 142 Å². The highest BCUT2D eigenvalue weighted by Crippen LogP contribution is 2.43. The minimum atomic E-state index is -0.423. The molecule has 0 aliphatic heterocycles. The molecule has 6 aromatic heterocycles. The van der Waals surface area contributed by atoms with E-state index < -0.39 is 16.6 Å². The number of amides is 6. The largest absolute Gasteiger partial charge is 0.354 e. The molecule has 6 heterocycles. The van der Waals surface area contributed by atoms with Crippen LogP contribution in [0.2, 0.25) is 30.1 Å². The van der Waals surface area contributed by atoms with Crippen molar-refractivity contribution in [3.63, 3.8) is 0 Å². The zero-order chi connectivity index (χ0) is 78.9. The molecule has 24 nitrogen and oxygen atoms in total. The molecule has 0 fully saturated rings. The van der Waals surface area contributed by atoms with Gasteiger partial charge >= 0.3 is 18.1 Å². The Balaban J connectivity index is 0.000000226. The van der Waals surface area contributed by atoms with Gasteiger partial charge in [-0.25, -0.2) is 44.3 Å². The Morgan fingerprint density at radius 1 is 0.352 bits per heavy atom. The topological polar surface area (TPSA) is 285 Å². The molecule has 9 N–H and O–H groups in total. The van der Waals surface area contributed by atoms with Crippen LogP contribution in [0, 0.1) is 0 Å². The van der Waals surface area contributed by atoms with Gasteiger partial charge in [0.2, 0.25) is 17.8 Å².